The van der Waals surface area contributed by atoms with E-state index in [1.165, 1.54) is 11.3 Å². The third-order valence-electron chi connectivity index (χ3n) is 1.33. The van der Waals surface area contributed by atoms with Crippen LogP contribution in [0, 0.1) is 0 Å². The Balaban J connectivity index is 3.04. The van der Waals surface area contributed by atoms with E-state index in [9.17, 15) is 4.79 Å². The summed E-state index contributed by atoms with van der Waals surface area (Å²) in [7, 11) is 0. The highest BCUT2D eigenvalue weighted by atomic mass is 79.9. The molecule has 1 aromatic rings. The monoisotopic (exact) mass is 246 g/mol. The van der Waals surface area contributed by atoms with Gasteiger partial charge < -0.3 is 0 Å². The molecule has 0 radical (unpaired) electrons. The Morgan fingerprint density at radius 2 is 2.42 bits per heavy atom. The van der Waals surface area contributed by atoms with E-state index in [0.717, 1.165) is 8.79 Å². The van der Waals surface area contributed by atoms with Gasteiger partial charge in [-0.1, -0.05) is 0 Å². The zero-order valence-corrected chi connectivity index (χ0v) is 9.07. The van der Waals surface area contributed by atoms with Gasteiger partial charge in [0.1, 0.15) is 10.5 Å². The minimum Gasteiger partial charge on any atom is -0.246 e. The Kier molecular flexibility index (Phi) is 2.77. The molecule has 0 aromatic carbocycles. The number of rotatable bonds is 2. The van der Waals surface area contributed by atoms with E-state index in [4.69, 9.17) is 0 Å². The molecule has 0 bridgehead atoms. The summed E-state index contributed by atoms with van der Waals surface area (Å²) < 4.78 is 0.937. The minimum atomic E-state index is -0.557. The molecular weight excluding hydrogens is 240 g/mol. The average Bonchev–Trinajstić information content (AvgIpc) is 2.36. The van der Waals surface area contributed by atoms with E-state index in [2.05, 4.69) is 25.9 Å². The topological polar surface area (TPSA) is 42.3 Å². The number of hydrogen-bond acceptors (Lipinski definition) is 4. The highest BCUT2D eigenvalue weighted by molar-refractivity contribution is 9.11. The van der Waals surface area contributed by atoms with Crippen LogP contribution in [0.2, 0.25) is 0 Å². The van der Waals surface area contributed by atoms with Crippen LogP contribution < -0.4 is 0 Å². The quantitative estimate of drug-likeness (QED) is 0.595. The zero-order valence-electron chi connectivity index (χ0n) is 6.67. The summed E-state index contributed by atoms with van der Waals surface area (Å²) in [4.78, 5) is 17.8. The molecule has 0 aliphatic rings. The summed E-state index contributed by atoms with van der Waals surface area (Å²) in [6.45, 7) is 3.65. The maximum Gasteiger partial charge on any atom is 0.235 e. The van der Waals surface area contributed by atoms with Crippen LogP contribution in [0.15, 0.2) is 15.0 Å². The molecule has 1 aromatic heterocycles. The molecule has 0 atom stereocenters. The second-order valence-corrected chi connectivity index (χ2v) is 5.14. The van der Waals surface area contributed by atoms with Crippen LogP contribution in [0.4, 0.5) is 0 Å². The van der Waals surface area contributed by atoms with E-state index in [1.807, 2.05) is 13.8 Å². The summed E-state index contributed by atoms with van der Waals surface area (Å²) in [5.74, 6) is 0. The van der Waals surface area contributed by atoms with Crippen LogP contribution in [0.3, 0.4) is 0 Å². The molecule has 0 fully saturated rings. The third-order valence-corrected chi connectivity index (χ3v) is 3.12. The van der Waals surface area contributed by atoms with Crippen molar-refractivity contribution in [3.05, 3.63) is 15.0 Å². The predicted octanol–water partition coefficient (Wildman–Crippen LogP) is 2.48. The molecule has 0 unspecified atom stereocenters. The molecule has 0 aliphatic carbocycles. The molecule has 1 rings (SSSR count). The highest BCUT2D eigenvalue weighted by Gasteiger charge is 2.22. The largest absolute Gasteiger partial charge is 0.246 e. The Morgan fingerprint density at radius 1 is 1.75 bits per heavy atom. The lowest BCUT2D eigenvalue weighted by molar-refractivity contribution is 0.521. The number of carbonyl (C=O) groups excluding carboxylic acids is 1. The molecule has 64 valence electrons. The Bertz CT molecular complexity index is 328. The van der Waals surface area contributed by atoms with Gasteiger partial charge in [-0.3, -0.25) is 0 Å². The predicted molar refractivity (Wildman–Crippen MR) is 51.0 cm³/mol. The molecular formula is C7H7BrN2OS. The Hall–Kier alpha value is -0.510. The Labute approximate surface area is 82.7 Å². The van der Waals surface area contributed by atoms with E-state index in [1.54, 1.807) is 12.3 Å². The van der Waals surface area contributed by atoms with E-state index in [-0.39, 0.29) is 0 Å². The van der Waals surface area contributed by atoms with Crippen molar-refractivity contribution >= 4 is 33.3 Å². The van der Waals surface area contributed by atoms with Crippen molar-refractivity contribution in [2.24, 2.45) is 4.99 Å². The molecule has 12 heavy (non-hydrogen) atoms. The van der Waals surface area contributed by atoms with Crippen LogP contribution in [0.5, 0.6) is 0 Å². The number of thiazole rings is 1. The van der Waals surface area contributed by atoms with Gasteiger partial charge in [-0.05, 0) is 29.8 Å². The number of hydrogen-bond donors (Lipinski definition) is 0. The van der Waals surface area contributed by atoms with Crippen molar-refractivity contribution in [3.8, 4) is 0 Å². The number of aliphatic imine (C=N–C) groups is 1. The standard InChI is InChI=1S/C7H7BrN2OS/c1-7(2,10-4-11)6-9-3-5(8)12-6/h3H,1-2H3. The van der Waals surface area contributed by atoms with Crippen molar-refractivity contribution < 1.29 is 4.79 Å². The average molecular weight is 247 g/mol. The molecule has 0 saturated heterocycles. The summed E-state index contributed by atoms with van der Waals surface area (Å²) in [6, 6.07) is 0. The summed E-state index contributed by atoms with van der Waals surface area (Å²) in [5.41, 5.74) is -0.557. The van der Waals surface area contributed by atoms with Crippen molar-refractivity contribution in [3.63, 3.8) is 0 Å². The van der Waals surface area contributed by atoms with Crippen LogP contribution >= 0.6 is 27.3 Å². The second kappa shape index (κ2) is 3.47. The van der Waals surface area contributed by atoms with Crippen molar-refractivity contribution in [1.29, 1.82) is 0 Å². The number of halogens is 1. The lowest BCUT2D eigenvalue weighted by atomic mass is 10.1. The van der Waals surface area contributed by atoms with Gasteiger partial charge in [0, 0.05) is 0 Å². The van der Waals surface area contributed by atoms with Crippen molar-refractivity contribution in [2.75, 3.05) is 0 Å². The summed E-state index contributed by atoms with van der Waals surface area (Å²) >= 11 is 4.76. The SMILES string of the molecule is CC(C)(N=C=O)c1ncc(Br)s1. The molecule has 0 N–H and O–H groups in total. The number of aromatic nitrogens is 1. The van der Waals surface area contributed by atoms with Gasteiger partial charge in [-0.15, -0.1) is 11.3 Å². The molecule has 5 heteroatoms. The highest BCUT2D eigenvalue weighted by Crippen LogP contribution is 2.30. The smallest absolute Gasteiger partial charge is 0.235 e. The molecule has 0 saturated carbocycles. The first-order valence-electron chi connectivity index (χ1n) is 3.27. The molecule has 0 aliphatic heterocycles. The van der Waals surface area contributed by atoms with Gasteiger partial charge in [0.2, 0.25) is 6.08 Å². The molecule has 3 nitrogen and oxygen atoms in total. The fraction of sp³-hybridized carbons (Fsp3) is 0.429. The number of isocyanates is 1. The third kappa shape index (κ3) is 2.00. The normalized spacial score (nSPS) is 10.9. The first-order chi connectivity index (χ1) is 5.56. The van der Waals surface area contributed by atoms with E-state index >= 15 is 0 Å². The van der Waals surface area contributed by atoms with Gasteiger partial charge in [-0.2, -0.15) is 4.99 Å². The van der Waals surface area contributed by atoms with Gasteiger partial charge >= 0.3 is 0 Å². The van der Waals surface area contributed by atoms with Crippen LogP contribution in [-0.4, -0.2) is 11.1 Å². The molecule has 0 spiro atoms. The first kappa shape index (κ1) is 9.58. The second-order valence-electron chi connectivity index (χ2n) is 2.73. The van der Waals surface area contributed by atoms with Gasteiger partial charge in [0.25, 0.3) is 0 Å². The molecule has 1 heterocycles. The lowest BCUT2D eigenvalue weighted by Crippen LogP contribution is -2.12. The maximum absolute atomic E-state index is 10.1. The van der Waals surface area contributed by atoms with Gasteiger partial charge in [0.05, 0.1) is 9.98 Å². The van der Waals surface area contributed by atoms with Crippen molar-refractivity contribution in [2.45, 2.75) is 19.4 Å². The van der Waals surface area contributed by atoms with Gasteiger partial charge in [0.15, 0.2) is 0 Å². The Morgan fingerprint density at radius 3 is 2.83 bits per heavy atom. The fourth-order valence-electron chi connectivity index (χ4n) is 0.699. The molecule has 0 amide bonds. The zero-order chi connectivity index (χ0) is 9.19. The number of nitrogens with zero attached hydrogens (tertiary/aromatic N) is 2. The summed E-state index contributed by atoms with van der Waals surface area (Å²) in [6.07, 6.45) is 3.24. The van der Waals surface area contributed by atoms with E-state index in [0.29, 0.717) is 0 Å². The van der Waals surface area contributed by atoms with Gasteiger partial charge in [-0.25, -0.2) is 9.78 Å². The van der Waals surface area contributed by atoms with Crippen molar-refractivity contribution in [1.82, 2.24) is 4.98 Å². The minimum absolute atomic E-state index is 0.557. The summed E-state index contributed by atoms with van der Waals surface area (Å²) in [5, 5.41) is 0.803. The lowest BCUT2D eigenvalue weighted by Gasteiger charge is -2.12. The van der Waals surface area contributed by atoms with Crippen LogP contribution in [-0.2, 0) is 10.3 Å². The maximum atomic E-state index is 10.1. The first-order valence-corrected chi connectivity index (χ1v) is 4.88. The van der Waals surface area contributed by atoms with E-state index < -0.39 is 5.54 Å². The van der Waals surface area contributed by atoms with Crippen LogP contribution in [0.1, 0.15) is 18.9 Å². The fourth-order valence-corrected chi connectivity index (χ4v) is 1.95. The van der Waals surface area contributed by atoms with Crippen LogP contribution in [0.25, 0.3) is 0 Å².